The van der Waals surface area contributed by atoms with Crippen LogP contribution in [0.4, 0.5) is 5.69 Å². The van der Waals surface area contributed by atoms with Crippen molar-refractivity contribution in [3.63, 3.8) is 0 Å². The Kier molecular flexibility index (Phi) is 4.23. The van der Waals surface area contributed by atoms with Crippen molar-refractivity contribution in [3.8, 4) is 0 Å². The topological polar surface area (TPSA) is 55.1 Å². The molecule has 0 aliphatic carbocycles. The molecule has 0 unspecified atom stereocenters. The molecule has 1 aromatic heterocycles. The second-order valence-corrected chi connectivity index (χ2v) is 5.26. The summed E-state index contributed by atoms with van der Waals surface area (Å²) in [5.41, 5.74) is 6.60. The molecule has 0 radical (unpaired) electrons. The lowest BCUT2D eigenvalue weighted by Gasteiger charge is -2.05. The molecule has 18 heavy (non-hydrogen) atoms. The first-order valence-electron chi connectivity index (χ1n) is 5.52. The zero-order valence-corrected chi connectivity index (χ0v) is 11.2. The Morgan fingerprint density at radius 3 is 2.89 bits per heavy atom. The van der Waals surface area contributed by atoms with Gasteiger partial charge >= 0.3 is 0 Å². The van der Waals surface area contributed by atoms with E-state index in [0.717, 1.165) is 6.42 Å². The third-order valence-electron chi connectivity index (χ3n) is 2.50. The summed E-state index contributed by atoms with van der Waals surface area (Å²) in [6, 6.07) is 8.94. The number of carbonyl (C=O) groups excluding carboxylic acids is 1. The first kappa shape index (κ1) is 12.9. The van der Waals surface area contributed by atoms with Gasteiger partial charge < -0.3 is 11.1 Å². The maximum Gasteiger partial charge on any atom is 0.251 e. The maximum atomic E-state index is 11.8. The largest absolute Gasteiger partial charge is 0.398 e. The van der Waals surface area contributed by atoms with E-state index in [1.165, 1.54) is 4.88 Å². The number of benzene rings is 1. The van der Waals surface area contributed by atoms with Crippen molar-refractivity contribution in [2.24, 2.45) is 0 Å². The van der Waals surface area contributed by atoms with Crippen LogP contribution < -0.4 is 11.1 Å². The lowest BCUT2D eigenvalue weighted by Crippen LogP contribution is -2.25. The summed E-state index contributed by atoms with van der Waals surface area (Å²) in [5.74, 6) is -0.130. The number of rotatable bonds is 4. The molecule has 1 amide bonds. The van der Waals surface area contributed by atoms with Gasteiger partial charge in [0.05, 0.1) is 10.7 Å². The molecule has 0 spiro atoms. The van der Waals surface area contributed by atoms with E-state index >= 15 is 0 Å². The number of thiophene rings is 1. The predicted octanol–water partition coefficient (Wildman–Crippen LogP) is 2.96. The molecule has 0 saturated heterocycles. The Labute approximate surface area is 115 Å². The number of hydrogen-bond donors (Lipinski definition) is 2. The lowest BCUT2D eigenvalue weighted by molar-refractivity contribution is 0.0954. The quantitative estimate of drug-likeness (QED) is 0.846. The average Bonchev–Trinajstić information content (AvgIpc) is 2.85. The zero-order valence-electron chi connectivity index (χ0n) is 9.65. The van der Waals surface area contributed by atoms with Crippen LogP contribution in [0.15, 0.2) is 35.7 Å². The molecule has 2 aromatic rings. The number of anilines is 1. The zero-order chi connectivity index (χ0) is 13.0. The molecule has 0 fully saturated rings. The highest BCUT2D eigenvalue weighted by molar-refractivity contribution is 7.09. The maximum absolute atomic E-state index is 11.8. The van der Waals surface area contributed by atoms with Gasteiger partial charge in [-0.25, -0.2) is 0 Å². The van der Waals surface area contributed by atoms with Crippen LogP contribution in [0.2, 0.25) is 5.02 Å². The standard InChI is InChI=1S/C13H13ClN2OS/c14-11-4-3-9(8-12(11)15)13(17)16-6-5-10-2-1-7-18-10/h1-4,7-8H,5-6,15H2,(H,16,17). The highest BCUT2D eigenvalue weighted by Crippen LogP contribution is 2.19. The number of amides is 1. The first-order chi connectivity index (χ1) is 8.66. The van der Waals surface area contributed by atoms with Gasteiger partial charge in [-0.05, 0) is 36.1 Å². The minimum absolute atomic E-state index is 0.130. The third kappa shape index (κ3) is 3.24. The van der Waals surface area contributed by atoms with Gasteiger partial charge in [0.25, 0.3) is 5.91 Å². The van der Waals surface area contributed by atoms with Crippen molar-refractivity contribution in [2.75, 3.05) is 12.3 Å². The molecule has 0 saturated carbocycles. The fraction of sp³-hybridized carbons (Fsp3) is 0.154. The SMILES string of the molecule is Nc1cc(C(=O)NCCc2cccs2)ccc1Cl. The van der Waals surface area contributed by atoms with Gasteiger partial charge in [-0.3, -0.25) is 4.79 Å². The van der Waals surface area contributed by atoms with E-state index in [-0.39, 0.29) is 5.91 Å². The van der Waals surface area contributed by atoms with Crippen molar-refractivity contribution < 1.29 is 4.79 Å². The molecule has 1 aromatic carbocycles. The van der Waals surface area contributed by atoms with Crippen LogP contribution in [0.1, 0.15) is 15.2 Å². The smallest absolute Gasteiger partial charge is 0.251 e. The summed E-state index contributed by atoms with van der Waals surface area (Å²) in [5, 5.41) is 5.34. The molecule has 0 aliphatic heterocycles. The number of carbonyl (C=O) groups is 1. The van der Waals surface area contributed by atoms with Crippen LogP contribution in [0, 0.1) is 0 Å². The van der Waals surface area contributed by atoms with Crippen molar-refractivity contribution in [3.05, 3.63) is 51.2 Å². The summed E-state index contributed by atoms with van der Waals surface area (Å²) >= 11 is 7.49. The van der Waals surface area contributed by atoms with E-state index in [1.807, 2.05) is 11.4 Å². The fourth-order valence-electron chi connectivity index (χ4n) is 1.54. The summed E-state index contributed by atoms with van der Waals surface area (Å²) in [6.07, 6.45) is 0.840. The van der Waals surface area contributed by atoms with E-state index in [1.54, 1.807) is 29.5 Å². The van der Waals surface area contributed by atoms with Crippen LogP contribution >= 0.6 is 22.9 Å². The summed E-state index contributed by atoms with van der Waals surface area (Å²) in [4.78, 5) is 13.1. The van der Waals surface area contributed by atoms with E-state index < -0.39 is 0 Å². The van der Waals surface area contributed by atoms with Crippen LogP contribution in [0.3, 0.4) is 0 Å². The average molecular weight is 281 g/mol. The van der Waals surface area contributed by atoms with Gasteiger partial charge in [0.15, 0.2) is 0 Å². The Morgan fingerprint density at radius 2 is 2.22 bits per heavy atom. The second-order valence-electron chi connectivity index (χ2n) is 3.82. The minimum atomic E-state index is -0.130. The molecule has 0 aliphatic rings. The number of hydrogen-bond acceptors (Lipinski definition) is 3. The van der Waals surface area contributed by atoms with Gasteiger partial charge in [0, 0.05) is 17.0 Å². The summed E-state index contributed by atoms with van der Waals surface area (Å²) in [7, 11) is 0. The number of nitrogen functional groups attached to an aromatic ring is 1. The van der Waals surface area contributed by atoms with Gasteiger partial charge in [-0.1, -0.05) is 17.7 Å². The van der Waals surface area contributed by atoms with Gasteiger partial charge in [-0.2, -0.15) is 0 Å². The molecule has 1 heterocycles. The molecule has 2 rings (SSSR count). The van der Waals surface area contributed by atoms with E-state index in [2.05, 4.69) is 11.4 Å². The van der Waals surface area contributed by atoms with E-state index in [4.69, 9.17) is 17.3 Å². The Hall–Kier alpha value is -1.52. The van der Waals surface area contributed by atoms with Crippen LogP contribution in [-0.2, 0) is 6.42 Å². The number of nitrogens with one attached hydrogen (secondary N) is 1. The number of halogens is 1. The number of nitrogens with two attached hydrogens (primary N) is 1. The van der Waals surface area contributed by atoms with Crippen LogP contribution in [0.25, 0.3) is 0 Å². The predicted molar refractivity (Wildman–Crippen MR) is 76.2 cm³/mol. The van der Waals surface area contributed by atoms with Crippen molar-refractivity contribution in [2.45, 2.75) is 6.42 Å². The van der Waals surface area contributed by atoms with Gasteiger partial charge in [0.1, 0.15) is 0 Å². The van der Waals surface area contributed by atoms with Gasteiger partial charge in [0.2, 0.25) is 0 Å². The molecule has 3 N–H and O–H groups in total. The highest BCUT2D eigenvalue weighted by atomic mass is 35.5. The molecule has 94 valence electrons. The molecule has 5 heteroatoms. The van der Waals surface area contributed by atoms with Crippen LogP contribution in [-0.4, -0.2) is 12.5 Å². The van der Waals surface area contributed by atoms with Crippen molar-refractivity contribution in [1.82, 2.24) is 5.32 Å². The van der Waals surface area contributed by atoms with Gasteiger partial charge in [-0.15, -0.1) is 11.3 Å². The molecule has 3 nitrogen and oxygen atoms in total. The Morgan fingerprint density at radius 1 is 1.39 bits per heavy atom. The monoisotopic (exact) mass is 280 g/mol. The van der Waals surface area contributed by atoms with E-state index in [9.17, 15) is 4.79 Å². The van der Waals surface area contributed by atoms with Crippen molar-refractivity contribution >= 4 is 34.5 Å². The summed E-state index contributed by atoms with van der Waals surface area (Å²) in [6.45, 7) is 0.613. The molecular weight excluding hydrogens is 268 g/mol. The molecular formula is C13H13ClN2OS. The second kappa shape index (κ2) is 5.89. The first-order valence-corrected chi connectivity index (χ1v) is 6.78. The third-order valence-corrected chi connectivity index (χ3v) is 3.78. The fourth-order valence-corrected chi connectivity index (χ4v) is 2.37. The normalized spacial score (nSPS) is 10.3. The molecule has 0 atom stereocenters. The Balaban J connectivity index is 1.89. The van der Waals surface area contributed by atoms with E-state index in [0.29, 0.717) is 22.8 Å². The highest BCUT2D eigenvalue weighted by Gasteiger charge is 2.06. The van der Waals surface area contributed by atoms with Crippen LogP contribution in [0.5, 0.6) is 0 Å². The van der Waals surface area contributed by atoms with Crippen molar-refractivity contribution in [1.29, 1.82) is 0 Å². The minimum Gasteiger partial charge on any atom is -0.398 e. The lowest BCUT2D eigenvalue weighted by atomic mass is 10.2. The molecule has 0 bridgehead atoms. The Bertz CT molecular complexity index is 540. The summed E-state index contributed by atoms with van der Waals surface area (Å²) < 4.78 is 0.